The van der Waals surface area contributed by atoms with Crippen LogP contribution >= 0.6 is 0 Å². The molecule has 1 saturated heterocycles. The van der Waals surface area contributed by atoms with Crippen molar-refractivity contribution in [1.29, 1.82) is 0 Å². The lowest BCUT2D eigenvalue weighted by atomic mass is 9.98. The Kier molecular flexibility index (Phi) is 3.99. The highest BCUT2D eigenvalue weighted by Crippen LogP contribution is 2.31. The molecule has 0 aromatic heterocycles. The normalized spacial score (nSPS) is 22.9. The topological polar surface area (TPSA) is 49.8 Å². The van der Waals surface area contributed by atoms with Crippen LogP contribution in [0, 0.1) is 5.82 Å². The summed E-state index contributed by atoms with van der Waals surface area (Å²) in [5.41, 5.74) is 0.321. The average Bonchev–Trinajstić information content (AvgIpc) is 2.70. The molecular formula is C15H20FNO3. The van der Waals surface area contributed by atoms with E-state index in [-0.39, 0.29) is 11.7 Å². The molecule has 1 amide bonds. The fourth-order valence-electron chi connectivity index (χ4n) is 2.31. The van der Waals surface area contributed by atoms with Crippen LogP contribution in [0.1, 0.15) is 38.7 Å². The number of benzene rings is 1. The number of hydrogen-bond donors (Lipinski definition) is 1. The van der Waals surface area contributed by atoms with Gasteiger partial charge < -0.3 is 9.84 Å². The van der Waals surface area contributed by atoms with E-state index in [9.17, 15) is 14.3 Å². The molecule has 1 aromatic carbocycles. The third-order valence-electron chi connectivity index (χ3n) is 3.24. The quantitative estimate of drug-likeness (QED) is 0.861. The average molecular weight is 281 g/mol. The Morgan fingerprint density at radius 1 is 1.35 bits per heavy atom. The lowest BCUT2D eigenvalue weighted by Gasteiger charge is -2.26. The molecule has 20 heavy (non-hydrogen) atoms. The molecular weight excluding hydrogens is 261 g/mol. The third-order valence-corrected chi connectivity index (χ3v) is 3.24. The fraction of sp³-hybridized carbons (Fsp3) is 0.533. The first-order valence-corrected chi connectivity index (χ1v) is 6.69. The molecule has 1 N–H and O–H groups in total. The van der Waals surface area contributed by atoms with E-state index in [4.69, 9.17) is 4.74 Å². The van der Waals surface area contributed by atoms with Gasteiger partial charge in [0.2, 0.25) is 0 Å². The molecule has 0 bridgehead atoms. The van der Waals surface area contributed by atoms with E-state index in [1.807, 2.05) is 0 Å². The van der Waals surface area contributed by atoms with Gasteiger partial charge in [-0.1, -0.05) is 12.1 Å². The Morgan fingerprint density at radius 2 is 1.95 bits per heavy atom. The summed E-state index contributed by atoms with van der Waals surface area (Å²) in [4.78, 5) is 13.3. The van der Waals surface area contributed by atoms with E-state index >= 15 is 0 Å². The maximum absolute atomic E-state index is 12.9. The monoisotopic (exact) mass is 281 g/mol. The van der Waals surface area contributed by atoms with Crippen LogP contribution in [0.4, 0.5) is 9.18 Å². The molecule has 1 fully saturated rings. The minimum absolute atomic E-state index is 0.00174. The van der Waals surface area contributed by atoms with Gasteiger partial charge in [-0.05, 0) is 38.5 Å². The predicted octanol–water partition coefficient (Wildman–Crippen LogP) is 2.87. The van der Waals surface area contributed by atoms with Gasteiger partial charge in [-0.3, -0.25) is 4.90 Å². The minimum atomic E-state index is -0.861. The van der Waals surface area contributed by atoms with Crippen molar-refractivity contribution in [2.75, 3.05) is 6.54 Å². The summed E-state index contributed by atoms with van der Waals surface area (Å²) < 4.78 is 18.2. The molecule has 1 heterocycles. The number of carbonyl (C=O) groups excluding carboxylic acids is 1. The van der Waals surface area contributed by atoms with Gasteiger partial charge in [0, 0.05) is 18.9 Å². The molecule has 2 atom stereocenters. The zero-order chi connectivity index (χ0) is 14.9. The maximum Gasteiger partial charge on any atom is 0.412 e. The van der Waals surface area contributed by atoms with Crippen LogP contribution in [0.15, 0.2) is 24.3 Å². The van der Waals surface area contributed by atoms with Crippen molar-refractivity contribution in [3.63, 3.8) is 0 Å². The molecule has 1 aliphatic heterocycles. The smallest absolute Gasteiger partial charge is 0.412 e. The van der Waals surface area contributed by atoms with Crippen molar-refractivity contribution < 1.29 is 19.0 Å². The first-order chi connectivity index (χ1) is 9.26. The van der Waals surface area contributed by atoms with Gasteiger partial charge in [0.25, 0.3) is 0 Å². The van der Waals surface area contributed by atoms with Crippen LogP contribution in [0.2, 0.25) is 0 Å². The van der Waals surface area contributed by atoms with Gasteiger partial charge >= 0.3 is 6.09 Å². The van der Waals surface area contributed by atoms with E-state index in [1.54, 1.807) is 32.9 Å². The minimum Gasteiger partial charge on any atom is -0.444 e. The van der Waals surface area contributed by atoms with Crippen LogP contribution in [0.25, 0.3) is 0 Å². The summed E-state index contributed by atoms with van der Waals surface area (Å²) in [6, 6.07) is 6.15. The van der Waals surface area contributed by atoms with E-state index in [0.29, 0.717) is 13.0 Å². The number of amides is 1. The van der Waals surface area contributed by atoms with Gasteiger partial charge in [0.1, 0.15) is 17.6 Å². The van der Waals surface area contributed by atoms with Gasteiger partial charge in [0.05, 0.1) is 0 Å². The zero-order valence-corrected chi connectivity index (χ0v) is 12.0. The summed E-state index contributed by atoms with van der Waals surface area (Å²) in [5.74, 6) is -0.297. The van der Waals surface area contributed by atoms with E-state index in [2.05, 4.69) is 0 Å². The second kappa shape index (κ2) is 5.40. The summed E-state index contributed by atoms with van der Waals surface area (Å²) in [6.07, 6.45) is -0.945. The second-order valence-corrected chi connectivity index (χ2v) is 6.10. The van der Waals surface area contributed by atoms with E-state index < -0.39 is 17.9 Å². The van der Waals surface area contributed by atoms with E-state index in [1.165, 1.54) is 17.0 Å². The van der Waals surface area contributed by atoms with Crippen molar-refractivity contribution in [2.45, 2.75) is 44.9 Å². The molecule has 4 nitrogen and oxygen atoms in total. The van der Waals surface area contributed by atoms with Crippen LogP contribution < -0.4 is 0 Å². The van der Waals surface area contributed by atoms with E-state index in [0.717, 1.165) is 5.56 Å². The Hall–Kier alpha value is -1.62. The molecule has 2 rings (SSSR count). The van der Waals surface area contributed by atoms with Gasteiger partial charge in [-0.25, -0.2) is 9.18 Å². The number of ether oxygens (including phenoxy) is 1. The number of aliphatic hydroxyl groups is 1. The molecule has 0 spiro atoms. The first kappa shape index (κ1) is 14.8. The van der Waals surface area contributed by atoms with Crippen LogP contribution in [-0.2, 0) is 4.74 Å². The Labute approximate surface area is 118 Å². The Morgan fingerprint density at radius 3 is 2.50 bits per heavy atom. The highest BCUT2D eigenvalue weighted by molar-refractivity contribution is 5.69. The van der Waals surface area contributed by atoms with Gasteiger partial charge in [-0.15, -0.1) is 0 Å². The number of hydrogen-bond acceptors (Lipinski definition) is 3. The largest absolute Gasteiger partial charge is 0.444 e. The third kappa shape index (κ3) is 3.48. The molecule has 2 unspecified atom stereocenters. The summed E-state index contributed by atoms with van der Waals surface area (Å²) >= 11 is 0. The molecule has 1 aliphatic rings. The van der Waals surface area contributed by atoms with Crippen LogP contribution in [0.5, 0.6) is 0 Å². The van der Waals surface area contributed by atoms with Crippen molar-refractivity contribution in [2.24, 2.45) is 0 Å². The fourth-order valence-corrected chi connectivity index (χ4v) is 2.31. The molecule has 0 radical (unpaired) electrons. The number of carbonyl (C=O) groups is 1. The molecule has 110 valence electrons. The number of nitrogens with zero attached hydrogens (tertiary/aromatic N) is 1. The van der Waals surface area contributed by atoms with Crippen LogP contribution in [-0.4, -0.2) is 34.5 Å². The second-order valence-electron chi connectivity index (χ2n) is 6.10. The molecule has 1 aromatic rings. The maximum atomic E-state index is 12.9. The summed E-state index contributed by atoms with van der Waals surface area (Å²) in [6.45, 7) is 5.72. The molecule has 5 heteroatoms. The zero-order valence-electron chi connectivity index (χ0n) is 12.0. The lowest BCUT2D eigenvalue weighted by Crippen LogP contribution is -2.39. The highest BCUT2D eigenvalue weighted by Gasteiger charge is 2.37. The summed E-state index contributed by atoms with van der Waals surface area (Å²) in [5, 5.41) is 9.99. The van der Waals surface area contributed by atoms with Crippen molar-refractivity contribution in [1.82, 2.24) is 4.90 Å². The number of halogens is 1. The van der Waals surface area contributed by atoms with Crippen molar-refractivity contribution in [3.05, 3.63) is 35.6 Å². The predicted molar refractivity (Wildman–Crippen MR) is 72.7 cm³/mol. The van der Waals surface area contributed by atoms with Gasteiger partial charge in [0.15, 0.2) is 0 Å². The Balaban J connectivity index is 2.05. The number of aliphatic hydroxyl groups excluding tert-OH is 1. The number of rotatable bonds is 1. The van der Waals surface area contributed by atoms with Gasteiger partial charge in [-0.2, -0.15) is 0 Å². The standard InChI is InChI=1S/C15H20FNO3/c1-15(2,3)20-14(19)17-9-11(8-13(17)18)10-4-6-12(16)7-5-10/h4-7,11,13,18H,8-9H2,1-3H3. The van der Waals surface area contributed by atoms with Crippen molar-refractivity contribution >= 4 is 6.09 Å². The lowest BCUT2D eigenvalue weighted by molar-refractivity contribution is -0.0128. The number of likely N-dealkylation sites (tertiary alicyclic amines) is 1. The van der Waals surface area contributed by atoms with Crippen molar-refractivity contribution in [3.8, 4) is 0 Å². The van der Waals surface area contributed by atoms with Crippen LogP contribution in [0.3, 0.4) is 0 Å². The SMILES string of the molecule is CC(C)(C)OC(=O)N1CC(c2ccc(F)cc2)CC1O. The Bertz CT molecular complexity index is 481. The first-order valence-electron chi connectivity index (χ1n) is 6.69. The molecule has 0 saturated carbocycles. The molecule has 0 aliphatic carbocycles. The summed E-state index contributed by atoms with van der Waals surface area (Å²) in [7, 11) is 0. The highest BCUT2D eigenvalue weighted by atomic mass is 19.1.